The third-order valence-corrected chi connectivity index (χ3v) is 3.73. The summed E-state index contributed by atoms with van der Waals surface area (Å²) in [5.74, 6) is 0.719. The topological polar surface area (TPSA) is 41.1 Å². The smallest absolute Gasteiger partial charge is 0.220 e. The molecule has 0 aromatic heterocycles. The molecule has 1 aromatic carbocycles. The van der Waals surface area contributed by atoms with Gasteiger partial charge in [-0.2, -0.15) is 0 Å². The second-order valence-corrected chi connectivity index (χ2v) is 5.54. The molecule has 98 valence electrons. The number of benzene rings is 1. The minimum Gasteiger partial charge on any atom is -0.384 e. The van der Waals surface area contributed by atoms with E-state index in [0.717, 1.165) is 12.2 Å². The van der Waals surface area contributed by atoms with Crippen LogP contribution < -0.4 is 10.6 Å². The molecule has 1 atom stereocenters. The van der Waals surface area contributed by atoms with E-state index < -0.39 is 0 Å². The maximum Gasteiger partial charge on any atom is 0.220 e. The number of alkyl halides is 1. The lowest BCUT2D eigenvalue weighted by Gasteiger charge is -2.25. The second kappa shape index (κ2) is 5.19. The highest BCUT2D eigenvalue weighted by Gasteiger charge is 2.36. The number of carbonyl (C=O) groups excluding carboxylic acids is 1. The molecule has 1 heterocycles. The lowest BCUT2D eigenvalue weighted by molar-refractivity contribution is -0.119. The number of halogens is 1. The first-order valence-electron chi connectivity index (χ1n) is 6.23. The highest BCUT2D eigenvalue weighted by Crippen LogP contribution is 2.34. The summed E-state index contributed by atoms with van der Waals surface area (Å²) >= 11 is 5.68. The Kier molecular flexibility index (Phi) is 3.81. The number of rotatable bonds is 4. The van der Waals surface area contributed by atoms with Gasteiger partial charge in [0, 0.05) is 36.5 Å². The molecule has 1 aliphatic heterocycles. The van der Waals surface area contributed by atoms with E-state index in [4.69, 9.17) is 11.6 Å². The second-order valence-electron chi connectivity index (χ2n) is 5.16. The molecular formula is C14H19ClN2O. The third kappa shape index (κ3) is 2.61. The molecule has 0 bridgehead atoms. The summed E-state index contributed by atoms with van der Waals surface area (Å²) in [5.41, 5.74) is 3.43. The maximum absolute atomic E-state index is 11.5. The van der Waals surface area contributed by atoms with Gasteiger partial charge in [-0.05, 0) is 30.2 Å². The van der Waals surface area contributed by atoms with Crippen molar-refractivity contribution in [1.82, 2.24) is 5.32 Å². The SMILES string of the molecule is Cc1ccc(NCCCl)cc1C1(C)CNC(=O)C1. The van der Waals surface area contributed by atoms with Crippen molar-refractivity contribution < 1.29 is 4.79 Å². The Bertz CT molecular complexity index is 461. The van der Waals surface area contributed by atoms with Gasteiger partial charge >= 0.3 is 0 Å². The first-order valence-corrected chi connectivity index (χ1v) is 6.76. The average Bonchev–Trinajstić information content (AvgIpc) is 2.69. The van der Waals surface area contributed by atoms with Gasteiger partial charge < -0.3 is 10.6 Å². The van der Waals surface area contributed by atoms with Crippen LogP contribution in [-0.2, 0) is 10.2 Å². The monoisotopic (exact) mass is 266 g/mol. The summed E-state index contributed by atoms with van der Waals surface area (Å²) in [4.78, 5) is 11.5. The van der Waals surface area contributed by atoms with Gasteiger partial charge in [0.2, 0.25) is 5.91 Å². The molecule has 1 unspecified atom stereocenters. The zero-order valence-electron chi connectivity index (χ0n) is 10.8. The normalized spacial score (nSPS) is 22.9. The molecule has 0 spiro atoms. The van der Waals surface area contributed by atoms with Crippen molar-refractivity contribution in [3.8, 4) is 0 Å². The van der Waals surface area contributed by atoms with Crippen LogP contribution in [0.1, 0.15) is 24.5 Å². The van der Waals surface area contributed by atoms with Crippen LogP contribution in [0, 0.1) is 6.92 Å². The molecule has 1 aromatic rings. The summed E-state index contributed by atoms with van der Waals surface area (Å²) in [6.45, 7) is 5.69. The van der Waals surface area contributed by atoms with E-state index in [1.165, 1.54) is 11.1 Å². The van der Waals surface area contributed by atoms with Gasteiger partial charge in [0.05, 0.1) is 0 Å². The molecule has 1 saturated heterocycles. The van der Waals surface area contributed by atoms with Gasteiger partial charge in [0.15, 0.2) is 0 Å². The minimum absolute atomic E-state index is 0.0974. The summed E-state index contributed by atoms with van der Waals surface area (Å²) in [5, 5.41) is 6.19. The van der Waals surface area contributed by atoms with Gasteiger partial charge in [-0.15, -0.1) is 11.6 Å². The van der Waals surface area contributed by atoms with Gasteiger partial charge in [-0.1, -0.05) is 13.0 Å². The van der Waals surface area contributed by atoms with Crippen LogP contribution in [0.4, 0.5) is 5.69 Å². The van der Waals surface area contributed by atoms with Crippen molar-refractivity contribution in [2.45, 2.75) is 25.7 Å². The van der Waals surface area contributed by atoms with E-state index >= 15 is 0 Å². The molecule has 0 aliphatic carbocycles. The Morgan fingerprint density at radius 1 is 1.50 bits per heavy atom. The summed E-state index contributed by atoms with van der Waals surface area (Å²) in [6, 6.07) is 6.29. The molecule has 0 radical (unpaired) electrons. The van der Waals surface area contributed by atoms with E-state index in [-0.39, 0.29) is 11.3 Å². The van der Waals surface area contributed by atoms with Crippen molar-refractivity contribution >= 4 is 23.2 Å². The maximum atomic E-state index is 11.5. The van der Waals surface area contributed by atoms with Crippen molar-refractivity contribution in [3.05, 3.63) is 29.3 Å². The van der Waals surface area contributed by atoms with Crippen LogP contribution in [0.3, 0.4) is 0 Å². The first-order chi connectivity index (χ1) is 8.55. The summed E-state index contributed by atoms with van der Waals surface area (Å²) < 4.78 is 0. The Morgan fingerprint density at radius 3 is 2.89 bits per heavy atom. The molecule has 4 heteroatoms. The Morgan fingerprint density at radius 2 is 2.28 bits per heavy atom. The fourth-order valence-corrected chi connectivity index (χ4v) is 2.63. The molecule has 2 N–H and O–H groups in total. The zero-order valence-corrected chi connectivity index (χ0v) is 11.6. The predicted molar refractivity (Wildman–Crippen MR) is 75.4 cm³/mol. The predicted octanol–water partition coefficient (Wildman–Crippen LogP) is 2.42. The number of hydrogen-bond donors (Lipinski definition) is 2. The van der Waals surface area contributed by atoms with Crippen LogP contribution in [-0.4, -0.2) is 24.9 Å². The van der Waals surface area contributed by atoms with Crippen molar-refractivity contribution in [2.24, 2.45) is 0 Å². The highest BCUT2D eigenvalue weighted by molar-refractivity contribution is 6.18. The lowest BCUT2D eigenvalue weighted by Crippen LogP contribution is -2.26. The first kappa shape index (κ1) is 13.2. The van der Waals surface area contributed by atoms with Gasteiger partial charge in [0.25, 0.3) is 0 Å². The molecule has 3 nitrogen and oxygen atoms in total. The van der Waals surface area contributed by atoms with E-state index in [1.807, 2.05) is 0 Å². The van der Waals surface area contributed by atoms with Crippen LogP contribution in [0.5, 0.6) is 0 Å². The van der Waals surface area contributed by atoms with Crippen molar-refractivity contribution in [1.29, 1.82) is 0 Å². The summed E-state index contributed by atoms with van der Waals surface area (Å²) in [6.07, 6.45) is 0.562. The molecule has 0 saturated carbocycles. The number of nitrogens with one attached hydrogen (secondary N) is 2. The number of aryl methyl sites for hydroxylation is 1. The fraction of sp³-hybridized carbons (Fsp3) is 0.500. The number of anilines is 1. The van der Waals surface area contributed by atoms with Gasteiger partial charge in [0.1, 0.15) is 0 Å². The van der Waals surface area contributed by atoms with Gasteiger partial charge in [-0.25, -0.2) is 0 Å². The van der Waals surface area contributed by atoms with Crippen molar-refractivity contribution in [2.75, 3.05) is 24.3 Å². The number of carbonyl (C=O) groups is 1. The van der Waals surface area contributed by atoms with Crippen LogP contribution in [0.15, 0.2) is 18.2 Å². The molecule has 18 heavy (non-hydrogen) atoms. The minimum atomic E-state index is -0.0974. The van der Waals surface area contributed by atoms with Crippen LogP contribution in [0.2, 0.25) is 0 Å². The van der Waals surface area contributed by atoms with Crippen LogP contribution >= 0.6 is 11.6 Å². The lowest BCUT2D eigenvalue weighted by atomic mass is 9.79. The Balaban J connectivity index is 2.28. The zero-order chi connectivity index (χ0) is 13.2. The van der Waals surface area contributed by atoms with E-state index in [2.05, 4.69) is 42.7 Å². The fourth-order valence-electron chi connectivity index (χ4n) is 2.54. The number of amides is 1. The van der Waals surface area contributed by atoms with E-state index in [9.17, 15) is 4.79 Å². The molecule has 1 aliphatic rings. The Labute approximate surface area is 113 Å². The molecule has 1 amide bonds. The standard InChI is InChI=1S/C14H19ClN2O/c1-10-3-4-11(16-6-5-15)7-12(10)14(2)8-13(18)17-9-14/h3-4,7,16H,5-6,8-9H2,1-2H3,(H,17,18). The third-order valence-electron chi connectivity index (χ3n) is 3.54. The highest BCUT2D eigenvalue weighted by atomic mass is 35.5. The van der Waals surface area contributed by atoms with E-state index in [0.29, 0.717) is 18.8 Å². The number of hydrogen-bond acceptors (Lipinski definition) is 2. The van der Waals surface area contributed by atoms with Gasteiger partial charge in [-0.3, -0.25) is 4.79 Å². The average molecular weight is 267 g/mol. The molecule has 2 rings (SSSR count). The largest absolute Gasteiger partial charge is 0.384 e. The quantitative estimate of drug-likeness (QED) is 0.822. The van der Waals surface area contributed by atoms with Crippen molar-refractivity contribution in [3.63, 3.8) is 0 Å². The molecule has 1 fully saturated rings. The summed E-state index contributed by atoms with van der Waals surface area (Å²) in [7, 11) is 0. The van der Waals surface area contributed by atoms with E-state index in [1.54, 1.807) is 0 Å². The van der Waals surface area contributed by atoms with Crippen LogP contribution in [0.25, 0.3) is 0 Å². The molecular weight excluding hydrogens is 248 g/mol. The Hall–Kier alpha value is -1.22.